The Morgan fingerprint density at radius 1 is 1.22 bits per heavy atom. The molecule has 2 aromatic rings. The molecule has 23 heavy (non-hydrogen) atoms. The average molecular weight is 311 g/mol. The lowest BCUT2D eigenvalue weighted by Gasteiger charge is -2.01. The Morgan fingerprint density at radius 3 is 2.91 bits per heavy atom. The van der Waals surface area contributed by atoms with Crippen LogP contribution < -0.4 is 14.2 Å². The van der Waals surface area contributed by atoms with Gasteiger partial charge in [-0.1, -0.05) is 24.3 Å². The molecule has 3 rings (SSSR count). The number of pyridine rings is 1. The normalized spacial score (nSPS) is 13.3. The van der Waals surface area contributed by atoms with E-state index >= 15 is 0 Å². The lowest BCUT2D eigenvalue weighted by Crippen LogP contribution is -2.11. The molecule has 0 spiro atoms. The standard InChI is InChI=1S/C17H13NO5/c19-13(17(20)23-16-6-1-2-9-18-16)5-3-4-12-7-8-14-15(10-12)22-11-21-14/h1-10,19H,11H2. The summed E-state index contributed by atoms with van der Waals surface area (Å²) in [7, 11) is 0. The molecule has 0 fully saturated rings. The van der Waals surface area contributed by atoms with Crippen LogP contribution in [0.15, 0.2) is 60.5 Å². The van der Waals surface area contributed by atoms with Crippen LogP contribution in [0.3, 0.4) is 0 Å². The summed E-state index contributed by atoms with van der Waals surface area (Å²) in [6, 6.07) is 10.3. The van der Waals surface area contributed by atoms with Crippen LogP contribution in [0.25, 0.3) is 6.08 Å². The predicted octanol–water partition coefficient (Wildman–Crippen LogP) is 2.87. The van der Waals surface area contributed by atoms with Crippen LogP contribution in [0.2, 0.25) is 0 Å². The van der Waals surface area contributed by atoms with Crippen LogP contribution in [0.1, 0.15) is 5.56 Å². The van der Waals surface area contributed by atoms with E-state index < -0.39 is 11.7 Å². The number of benzene rings is 1. The second kappa shape index (κ2) is 6.65. The van der Waals surface area contributed by atoms with Gasteiger partial charge in [0.15, 0.2) is 11.5 Å². The molecule has 2 heterocycles. The number of rotatable bonds is 4. The first-order valence-electron chi connectivity index (χ1n) is 6.82. The number of carbonyl (C=O) groups is 1. The third kappa shape index (κ3) is 3.68. The molecule has 1 aliphatic rings. The number of fused-ring (bicyclic) bond motifs is 1. The summed E-state index contributed by atoms with van der Waals surface area (Å²) in [5.41, 5.74) is 0.844. The molecule has 1 aromatic heterocycles. The number of aliphatic hydroxyl groups excluding tert-OH is 1. The largest absolute Gasteiger partial charge is 0.502 e. The van der Waals surface area contributed by atoms with Crippen LogP contribution in [0.4, 0.5) is 0 Å². The molecule has 0 saturated heterocycles. The summed E-state index contributed by atoms with van der Waals surface area (Å²) < 4.78 is 15.4. The second-order valence-electron chi connectivity index (χ2n) is 4.58. The lowest BCUT2D eigenvalue weighted by atomic mass is 10.2. The number of esters is 1. The topological polar surface area (TPSA) is 77.9 Å². The van der Waals surface area contributed by atoms with Crippen molar-refractivity contribution in [1.82, 2.24) is 4.98 Å². The molecular weight excluding hydrogens is 298 g/mol. The molecule has 1 N–H and O–H groups in total. The van der Waals surface area contributed by atoms with Gasteiger partial charge in [-0.2, -0.15) is 0 Å². The number of nitrogens with zero attached hydrogens (tertiary/aromatic N) is 1. The van der Waals surface area contributed by atoms with Crippen LogP contribution in [0.5, 0.6) is 17.4 Å². The minimum absolute atomic E-state index is 0.122. The van der Waals surface area contributed by atoms with Crippen molar-refractivity contribution in [2.24, 2.45) is 0 Å². The predicted molar refractivity (Wildman–Crippen MR) is 82.2 cm³/mol. The van der Waals surface area contributed by atoms with Crippen molar-refractivity contribution in [3.05, 3.63) is 66.1 Å². The van der Waals surface area contributed by atoms with Gasteiger partial charge in [0.25, 0.3) is 0 Å². The first kappa shape index (κ1) is 14.6. The second-order valence-corrected chi connectivity index (χ2v) is 4.58. The van der Waals surface area contributed by atoms with E-state index in [-0.39, 0.29) is 12.7 Å². The first-order chi connectivity index (χ1) is 11.2. The fourth-order valence-corrected chi connectivity index (χ4v) is 1.89. The molecule has 0 saturated carbocycles. The molecule has 0 radical (unpaired) electrons. The zero-order chi connectivity index (χ0) is 16.1. The van der Waals surface area contributed by atoms with Crippen LogP contribution >= 0.6 is 0 Å². The van der Waals surface area contributed by atoms with E-state index in [1.54, 1.807) is 30.3 Å². The molecule has 0 amide bonds. The van der Waals surface area contributed by atoms with E-state index in [1.165, 1.54) is 24.4 Å². The molecule has 0 aliphatic carbocycles. The first-order valence-corrected chi connectivity index (χ1v) is 6.82. The molecular formula is C17H13NO5. The van der Waals surface area contributed by atoms with Gasteiger partial charge in [0.2, 0.25) is 18.4 Å². The molecule has 0 bridgehead atoms. The Kier molecular flexibility index (Phi) is 4.24. The van der Waals surface area contributed by atoms with Gasteiger partial charge in [-0.3, -0.25) is 0 Å². The van der Waals surface area contributed by atoms with Crippen molar-refractivity contribution in [1.29, 1.82) is 0 Å². The molecule has 0 atom stereocenters. The summed E-state index contributed by atoms with van der Waals surface area (Å²) >= 11 is 0. The van der Waals surface area contributed by atoms with Gasteiger partial charge in [-0.05, 0) is 29.8 Å². The number of hydrogen-bond acceptors (Lipinski definition) is 6. The van der Waals surface area contributed by atoms with Crippen molar-refractivity contribution in [3.63, 3.8) is 0 Å². The quantitative estimate of drug-likeness (QED) is 0.405. The maximum absolute atomic E-state index is 11.7. The summed E-state index contributed by atoms with van der Waals surface area (Å²) in [4.78, 5) is 15.5. The SMILES string of the molecule is O=C(Oc1ccccn1)C(O)=CC=Cc1ccc2c(c1)OCO2. The molecule has 1 aliphatic heterocycles. The Balaban J connectivity index is 1.63. The number of aliphatic hydroxyl groups is 1. The Hall–Kier alpha value is -3.28. The Morgan fingerprint density at radius 2 is 2.09 bits per heavy atom. The van der Waals surface area contributed by atoms with Gasteiger partial charge in [0.1, 0.15) is 0 Å². The minimum Gasteiger partial charge on any atom is -0.502 e. The van der Waals surface area contributed by atoms with E-state index in [4.69, 9.17) is 14.2 Å². The Labute approximate surface area is 132 Å². The average Bonchev–Trinajstić information content (AvgIpc) is 3.03. The highest BCUT2D eigenvalue weighted by Gasteiger charge is 2.12. The van der Waals surface area contributed by atoms with E-state index in [2.05, 4.69) is 4.98 Å². The maximum Gasteiger partial charge on any atom is 0.380 e. The van der Waals surface area contributed by atoms with Crippen molar-refractivity contribution in [2.45, 2.75) is 0 Å². The molecule has 6 heteroatoms. The number of hydrogen-bond donors (Lipinski definition) is 1. The number of ether oxygens (including phenoxy) is 3. The van der Waals surface area contributed by atoms with E-state index in [0.29, 0.717) is 11.5 Å². The van der Waals surface area contributed by atoms with Gasteiger partial charge in [-0.25, -0.2) is 9.78 Å². The summed E-state index contributed by atoms with van der Waals surface area (Å²) in [6.07, 6.45) is 5.98. The highest BCUT2D eigenvalue weighted by atomic mass is 16.7. The molecule has 116 valence electrons. The third-order valence-corrected chi connectivity index (χ3v) is 2.98. The van der Waals surface area contributed by atoms with Gasteiger partial charge < -0.3 is 19.3 Å². The number of allylic oxidation sites excluding steroid dienone is 2. The van der Waals surface area contributed by atoms with Crippen LogP contribution in [-0.4, -0.2) is 22.9 Å². The third-order valence-electron chi connectivity index (χ3n) is 2.98. The van der Waals surface area contributed by atoms with E-state index in [0.717, 1.165) is 5.56 Å². The smallest absolute Gasteiger partial charge is 0.380 e. The molecule has 6 nitrogen and oxygen atoms in total. The summed E-state index contributed by atoms with van der Waals surface area (Å²) in [5, 5.41) is 9.67. The lowest BCUT2D eigenvalue weighted by molar-refractivity contribution is -0.133. The number of carbonyl (C=O) groups excluding carboxylic acids is 1. The zero-order valence-corrected chi connectivity index (χ0v) is 12.0. The van der Waals surface area contributed by atoms with Crippen molar-refractivity contribution in [2.75, 3.05) is 6.79 Å². The Bertz CT molecular complexity index is 768. The monoisotopic (exact) mass is 311 g/mol. The van der Waals surface area contributed by atoms with Gasteiger partial charge in [0, 0.05) is 12.3 Å². The van der Waals surface area contributed by atoms with E-state index in [9.17, 15) is 9.90 Å². The highest BCUT2D eigenvalue weighted by Crippen LogP contribution is 2.32. The summed E-state index contributed by atoms with van der Waals surface area (Å²) in [5.74, 6) is 0.0817. The fourth-order valence-electron chi connectivity index (χ4n) is 1.89. The van der Waals surface area contributed by atoms with Gasteiger partial charge in [-0.15, -0.1) is 0 Å². The van der Waals surface area contributed by atoms with Gasteiger partial charge >= 0.3 is 5.97 Å². The van der Waals surface area contributed by atoms with Crippen LogP contribution in [0, 0.1) is 0 Å². The number of aromatic nitrogens is 1. The maximum atomic E-state index is 11.7. The van der Waals surface area contributed by atoms with E-state index in [1.807, 2.05) is 6.07 Å². The van der Waals surface area contributed by atoms with Crippen molar-refractivity contribution < 1.29 is 24.1 Å². The highest BCUT2D eigenvalue weighted by molar-refractivity contribution is 5.87. The molecule has 0 unspecified atom stereocenters. The minimum atomic E-state index is -0.876. The fraction of sp³-hybridized carbons (Fsp3) is 0.0588. The van der Waals surface area contributed by atoms with Crippen LogP contribution in [-0.2, 0) is 4.79 Å². The van der Waals surface area contributed by atoms with Crippen molar-refractivity contribution >= 4 is 12.0 Å². The van der Waals surface area contributed by atoms with Crippen molar-refractivity contribution in [3.8, 4) is 17.4 Å². The summed E-state index contributed by atoms with van der Waals surface area (Å²) in [6.45, 7) is 0.211. The molecule has 1 aromatic carbocycles. The zero-order valence-electron chi connectivity index (χ0n) is 12.0. The van der Waals surface area contributed by atoms with Gasteiger partial charge in [0.05, 0.1) is 0 Å².